The minimum atomic E-state index is 0.602. The van der Waals surface area contributed by atoms with Crippen molar-refractivity contribution in [3.05, 3.63) is 146 Å². The first-order chi connectivity index (χ1) is 25.8. The predicted molar refractivity (Wildman–Crippen MR) is 206 cm³/mol. The van der Waals surface area contributed by atoms with Gasteiger partial charge in [-0.25, -0.2) is 19.9 Å². The van der Waals surface area contributed by atoms with Crippen LogP contribution in [0, 0.1) is 0 Å². The summed E-state index contributed by atoms with van der Waals surface area (Å²) in [5.74, 6) is 1.21. The minimum Gasteiger partial charge on any atom is -0.456 e. The van der Waals surface area contributed by atoms with E-state index in [9.17, 15) is 0 Å². The molecular weight excluding hydrogens is 645 g/mol. The maximum absolute atomic E-state index is 6.29. The average molecular weight is 669 g/mol. The zero-order valence-electron chi connectivity index (χ0n) is 27.4. The largest absolute Gasteiger partial charge is 0.456 e. The summed E-state index contributed by atoms with van der Waals surface area (Å²) < 4.78 is 16.8. The minimum absolute atomic E-state index is 0.602. The molecule has 12 rings (SSSR count). The summed E-state index contributed by atoms with van der Waals surface area (Å²) in [6.07, 6.45) is 7.36. The molecule has 0 atom stereocenters. The summed E-state index contributed by atoms with van der Waals surface area (Å²) in [6, 6.07) is 41.6. The second-order valence-corrected chi connectivity index (χ2v) is 13.1. The lowest BCUT2D eigenvalue weighted by Crippen LogP contribution is -2.01. The molecule has 52 heavy (non-hydrogen) atoms. The first-order valence-corrected chi connectivity index (χ1v) is 17.1. The lowest BCUT2D eigenvalue weighted by Gasteiger charge is -2.08. The first kappa shape index (κ1) is 27.5. The lowest BCUT2D eigenvalue weighted by atomic mass is 10.0. The summed E-state index contributed by atoms with van der Waals surface area (Å²) >= 11 is 0. The van der Waals surface area contributed by atoms with Crippen LogP contribution in [0.5, 0.6) is 0 Å². The molecule has 8 nitrogen and oxygen atoms in total. The van der Waals surface area contributed by atoms with Crippen molar-refractivity contribution in [3.63, 3.8) is 0 Å². The molecule has 0 aliphatic heterocycles. The van der Waals surface area contributed by atoms with Crippen LogP contribution in [-0.2, 0) is 0 Å². The highest BCUT2D eigenvalue weighted by Crippen LogP contribution is 2.42. The molecule has 0 bridgehead atoms. The predicted octanol–water partition coefficient (Wildman–Crippen LogP) is 10.9. The van der Waals surface area contributed by atoms with Crippen molar-refractivity contribution >= 4 is 87.5 Å². The van der Waals surface area contributed by atoms with E-state index in [0.29, 0.717) is 11.9 Å². The topological polar surface area (TPSA) is 87.7 Å². The normalized spacial score (nSPS) is 12.2. The number of rotatable bonds is 3. The molecule has 6 aromatic heterocycles. The Morgan fingerprint density at radius 3 is 1.85 bits per heavy atom. The molecule has 0 N–H and O–H groups in total. The number of fused-ring (bicyclic) bond motifs is 13. The second-order valence-electron chi connectivity index (χ2n) is 13.1. The fourth-order valence-corrected chi connectivity index (χ4v) is 8.12. The average Bonchev–Trinajstić information content (AvgIpc) is 3.94. The number of nitrogens with zero attached hydrogens (tertiary/aromatic N) is 6. The van der Waals surface area contributed by atoms with Gasteiger partial charge in [0.1, 0.15) is 22.3 Å². The van der Waals surface area contributed by atoms with E-state index in [4.69, 9.17) is 18.8 Å². The maximum Gasteiger partial charge on any atom is 0.234 e. The van der Waals surface area contributed by atoms with Gasteiger partial charge in [-0.05, 0) is 60.2 Å². The zero-order valence-corrected chi connectivity index (χ0v) is 27.4. The van der Waals surface area contributed by atoms with E-state index in [1.807, 2.05) is 54.9 Å². The monoisotopic (exact) mass is 668 g/mol. The van der Waals surface area contributed by atoms with Crippen molar-refractivity contribution in [1.82, 2.24) is 29.1 Å². The summed E-state index contributed by atoms with van der Waals surface area (Å²) in [5, 5.41) is 8.79. The van der Waals surface area contributed by atoms with E-state index in [1.54, 1.807) is 12.4 Å². The van der Waals surface area contributed by atoms with Crippen molar-refractivity contribution in [2.75, 3.05) is 0 Å². The SMILES string of the molecule is c1cnc(-n2c3ccc(-c4cnc(-n5c6ccccc6c6c7c(ccc65)oc5ccccc57)nc4)cc3c3cc4c(cc32)oc2ccccc24)nc1. The number of aromatic nitrogens is 6. The van der Waals surface area contributed by atoms with Gasteiger partial charge in [0.15, 0.2) is 0 Å². The molecule has 6 heterocycles. The molecule has 0 fully saturated rings. The number of para-hydroxylation sites is 3. The van der Waals surface area contributed by atoms with Crippen LogP contribution in [0.2, 0.25) is 0 Å². The molecule has 0 aliphatic carbocycles. The van der Waals surface area contributed by atoms with E-state index in [0.717, 1.165) is 98.6 Å². The van der Waals surface area contributed by atoms with Crippen LogP contribution < -0.4 is 0 Å². The van der Waals surface area contributed by atoms with Crippen molar-refractivity contribution in [2.24, 2.45) is 0 Å². The Bertz CT molecular complexity index is 3410. The number of furan rings is 2. The lowest BCUT2D eigenvalue weighted by molar-refractivity contribution is 0.669. The zero-order chi connectivity index (χ0) is 33.9. The van der Waals surface area contributed by atoms with Crippen molar-refractivity contribution < 1.29 is 8.83 Å². The molecular formula is C44H24N6O2. The van der Waals surface area contributed by atoms with Crippen molar-refractivity contribution in [3.8, 4) is 23.0 Å². The van der Waals surface area contributed by atoms with Crippen LogP contribution in [-0.4, -0.2) is 29.1 Å². The summed E-state index contributed by atoms with van der Waals surface area (Å²) in [5.41, 5.74) is 9.41. The third-order valence-electron chi connectivity index (χ3n) is 10.4. The number of hydrogen-bond donors (Lipinski definition) is 0. The third-order valence-corrected chi connectivity index (χ3v) is 10.4. The molecule has 12 aromatic rings. The molecule has 6 aromatic carbocycles. The van der Waals surface area contributed by atoms with Crippen LogP contribution in [0.15, 0.2) is 155 Å². The van der Waals surface area contributed by atoms with Gasteiger partial charge in [0.25, 0.3) is 0 Å². The molecule has 0 saturated heterocycles. The van der Waals surface area contributed by atoms with Crippen molar-refractivity contribution in [1.29, 1.82) is 0 Å². The Hall–Kier alpha value is -7.32. The van der Waals surface area contributed by atoms with Gasteiger partial charge in [0.2, 0.25) is 11.9 Å². The highest BCUT2D eigenvalue weighted by Gasteiger charge is 2.21. The second kappa shape index (κ2) is 10.1. The maximum atomic E-state index is 6.29. The molecule has 0 spiro atoms. The van der Waals surface area contributed by atoms with E-state index in [-0.39, 0.29) is 0 Å². The fourth-order valence-electron chi connectivity index (χ4n) is 8.12. The Morgan fingerprint density at radius 1 is 0.365 bits per heavy atom. The van der Waals surface area contributed by atoms with E-state index in [1.165, 1.54) is 0 Å². The summed E-state index contributed by atoms with van der Waals surface area (Å²) in [7, 11) is 0. The Kier molecular flexibility index (Phi) is 5.35. The van der Waals surface area contributed by atoms with Gasteiger partial charge >= 0.3 is 0 Å². The number of hydrogen-bond acceptors (Lipinski definition) is 6. The quantitative estimate of drug-likeness (QED) is 0.186. The Labute approximate surface area is 293 Å². The molecule has 0 radical (unpaired) electrons. The third kappa shape index (κ3) is 3.69. The van der Waals surface area contributed by atoms with Gasteiger partial charge < -0.3 is 8.83 Å². The van der Waals surface area contributed by atoms with Gasteiger partial charge in [-0.2, -0.15) is 0 Å². The van der Waals surface area contributed by atoms with Crippen LogP contribution in [0.1, 0.15) is 0 Å². The van der Waals surface area contributed by atoms with Gasteiger partial charge in [-0.3, -0.25) is 9.13 Å². The van der Waals surface area contributed by atoms with Crippen LogP contribution in [0.3, 0.4) is 0 Å². The van der Waals surface area contributed by atoms with Gasteiger partial charge in [-0.15, -0.1) is 0 Å². The van der Waals surface area contributed by atoms with Gasteiger partial charge in [0.05, 0.1) is 22.1 Å². The molecule has 0 aliphatic rings. The van der Waals surface area contributed by atoms with Crippen molar-refractivity contribution in [2.45, 2.75) is 0 Å². The van der Waals surface area contributed by atoms with E-state index >= 15 is 0 Å². The molecule has 0 saturated carbocycles. The Balaban J connectivity index is 1.05. The van der Waals surface area contributed by atoms with Crippen LogP contribution in [0.25, 0.3) is 111 Å². The highest BCUT2D eigenvalue weighted by molar-refractivity contribution is 6.27. The standard InChI is InChI=1S/C44H24N6O2/c1-4-11-33-28(9-1)41-35(16-17-39-42(41)29-10-3-6-13-38(29)51-39)49(33)44-47-23-26(24-48-44)25-14-15-34-30(20-25)31-21-32-27-8-2-5-12-37(27)52-40(32)22-36(31)50(34)43-45-18-7-19-46-43/h1-24H. The Morgan fingerprint density at radius 2 is 1.00 bits per heavy atom. The molecule has 0 unspecified atom stereocenters. The molecule has 242 valence electrons. The van der Waals surface area contributed by atoms with E-state index < -0.39 is 0 Å². The summed E-state index contributed by atoms with van der Waals surface area (Å²) in [4.78, 5) is 19.2. The summed E-state index contributed by atoms with van der Waals surface area (Å²) in [6.45, 7) is 0. The molecule has 0 amide bonds. The van der Waals surface area contributed by atoms with Crippen LogP contribution in [0.4, 0.5) is 0 Å². The molecule has 8 heteroatoms. The van der Waals surface area contributed by atoms with Gasteiger partial charge in [-0.1, -0.05) is 60.7 Å². The van der Waals surface area contributed by atoms with Crippen LogP contribution >= 0.6 is 0 Å². The fraction of sp³-hybridized carbons (Fsp3) is 0. The highest BCUT2D eigenvalue weighted by atomic mass is 16.3. The van der Waals surface area contributed by atoms with Gasteiger partial charge in [0, 0.05) is 79.5 Å². The number of benzene rings is 6. The first-order valence-electron chi connectivity index (χ1n) is 17.1. The smallest absolute Gasteiger partial charge is 0.234 e. The van der Waals surface area contributed by atoms with E-state index in [2.05, 4.69) is 98.0 Å².